The van der Waals surface area contributed by atoms with Crippen molar-refractivity contribution in [1.82, 2.24) is 0 Å². The molecule has 0 bridgehead atoms. The third-order valence-corrected chi connectivity index (χ3v) is 4.57. The van der Waals surface area contributed by atoms with Crippen LogP contribution in [0.15, 0.2) is 12.1 Å². The van der Waals surface area contributed by atoms with Crippen molar-refractivity contribution in [2.45, 2.75) is 13.8 Å². The summed E-state index contributed by atoms with van der Waals surface area (Å²) in [6.07, 6.45) is 0. The van der Waals surface area contributed by atoms with Crippen molar-refractivity contribution in [2.75, 3.05) is 23.4 Å². The maximum atomic E-state index is 11.8. The number of aliphatic hydroxyl groups excluding tert-OH is 1. The number of halogens is 2. The van der Waals surface area contributed by atoms with Gasteiger partial charge in [-0.2, -0.15) is 11.8 Å². The van der Waals surface area contributed by atoms with Crippen LogP contribution in [0.4, 0.5) is 5.69 Å². The molecule has 3 nitrogen and oxygen atoms in total. The highest BCUT2D eigenvalue weighted by Crippen LogP contribution is 2.32. The number of nitrogens with one attached hydrogen (secondary N) is 1. The lowest BCUT2D eigenvalue weighted by molar-refractivity contribution is -0.113. The van der Waals surface area contributed by atoms with Gasteiger partial charge in [-0.15, -0.1) is 0 Å². The minimum absolute atomic E-state index is 0.129. The first-order valence-electron chi connectivity index (χ1n) is 5.88. The zero-order valence-corrected chi connectivity index (χ0v) is 13.2. The summed E-state index contributed by atoms with van der Waals surface area (Å²) in [5.74, 6) is 1.08. The van der Waals surface area contributed by atoms with E-state index in [1.807, 2.05) is 13.8 Å². The Balaban J connectivity index is 2.56. The molecule has 1 aromatic carbocycles. The van der Waals surface area contributed by atoms with Gasteiger partial charge in [-0.3, -0.25) is 4.79 Å². The number of hydrogen-bond donors (Lipinski definition) is 2. The van der Waals surface area contributed by atoms with E-state index in [1.165, 1.54) is 11.8 Å². The zero-order chi connectivity index (χ0) is 14.4. The van der Waals surface area contributed by atoms with E-state index in [4.69, 9.17) is 28.3 Å². The van der Waals surface area contributed by atoms with Crippen molar-refractivity contribution in [3.05, 3.63) is 27.7 Å². The molecule has 0 aromatic heterocycles. The third kappa shape index (κ3) is 5.22. The molecule has 6 heteroatoms. The molecule has 1 atom stereocenters. The monoisotopic (exact) mass is 321 g/mol. The SMILES string of the molecule is Cc1ccc(Cl)c(NC(=O)CSCC(C)CO)c1Cl. The minimum Gasteiger partial charge on any atom is -0.396 e. The molecule has 2 N–H and O–H groups in total. The summed E-state index contributed by atoms with van der Waals surface area (Å²) in [5.41, 5.74) is 1.33. The number of aliphatic hydroxyl groups is 1. The number of hydrogen-bond acceptors (Lipinski definition) is 3. The molecule has 0 aliphatic rings. The van der Waals surface area contributed by atoms with Crippen LogP contribution >= 0.6 is 35.0 Å². The van der Waals surface area contributed by atoms with Crippen molar-refractivity contribution in [3.63, 3.8) is 0 Å². The fraction of sp³-hybridized carbons (Fsp3) is 0.462. The van der Waals surface area contributed by atoms with Gasteiger partial charge in [-0.25, -0.2) is 0 Å². The van der Waals surface area contributed by atoms with Crippen LogP contribution in [0.1, 0.15) is 12.5 Å². The maximum absolute atomic E-state index is 11.8. The fourth-order valence-corrected chi connectivity index (χ4v) is 2.70. The Labute approximate surface area is 127 Å². The summed E-state index contributed by atoms with van der Waals surface area (Å²) >= 11 is 13.6. The lowest BCUT2D eigenvalue weighted by atomic mass is 10.2. The molecule has 0 saturated carbocycles. The molecule has 1 unspecified atom stereocenters. The Bertz CT molecular complexity index is 455. The van der Waals surface area contributed by atoms with Gasteiger partial charge in [0.05, 0.1) is 21.5 Å². The van der Waals surface area contributed by atoms with Gasteiger partial charge in [0.25, 0.3) is 0 Å². The smallest absolute Gasteiger partial charge is 0.234 e. The van der Waals surface area contributed by atoms with Crippen LogP contribution in [-0.4, -0.2) is 29.1 Å². The van der Waals surface area contributed by atoms with Crippen molar-refractivity contribution in [3.8, 4) is 0 Å². The van der Waals surface area contributed by atoms with E-state index in [2.05, 4.69) is 5.32 Å². The Hall–Kier alpha value is -0.420. The summed E-state index contributed by atoms with van der Waals surface area (Å²) in [5, 5.41) is 12.5. The van der Waals surface area contributed by atoms with Crippen LogP contribution in [0.3, 0.4) is 0 Å². The minimum atomic E-state index is -0.149. The van der Waals surface area contributed by atoms with Crippen LogP contribution in [0, 0.1) is 12.8 Å². The van der Waals surface area contributed by atoms with E-state index in [0.717, 1.165) is 11.3 Å². The highest BCUT2D eigenvalue weighted by molar-refractivity contribution is 7.99. The first kappa shape index (κ1) is 16.6. The van der Waals surface area contributed by atoms with E-state index in [1.54, 1.807) is 12.1 Å². The van der Waals surface area contributed by atoms with E-state index >= 15 is 0 Å². The number of benzene rings is 1. The van der Waals surface area contributed by atoms with E-state index in [9.17, 15) is 4.79 Å². The van der Waals surface area contributed by atoms with E-state index in [0.29, 0.717) is 21.5 Å². The molecule has 1 rings (SSSR count). The number of thioether (sulfide) groups is 1. The Morgan fingerprint density at radius 2 is 2.16 bits per heavy atom. The summed E-state index contributed by atoms with van der Waals surface area (Å²) < 4.78 is 0. The first-order valence-corrected chi connectivity index (χ1v) is 7.79. The molecule has 0 saturated heterocycles. The second kappa shape index (κ2) is 8.00. The number of aryl methyl sites for hydroxylation is 1. The Morgan fingerprint density at radius 3 is 2.79 bits per heavy atom. The largest absolute Gasteiger partial charge is 0.396 e. The van der Waals surface area contributed by atoms with Crippen molar-refractivity contribution < 1.29 is 9.90 Å². The predicted molar refractivity (Wildman–Crippen MR) is 83.4 cm³/mol. The molecule has 0 fully saturated rings. The van der Waals surface area contributed by atoms with Gasteiger partial charge >= 0.3 is 0 Å². The second-order valence-corrected chi connectivity index (χ2v) is 6.22. The van der Waals surface area contributed by atoms with Crippen LogP contribution in [-0.2, 0) is 4.79 Å². The Kier molecular flexibility index (Phi) is 7.00. The van der Waals surface area contributed by atoms with Gasteiger partial charge in [0, 0.05) is 6.61 Å². The average Bonchev–Trinajstić information content (AvgIpc) is 2.39. The third-order valence-electron chi connectivity index (χ3n) is 2.50. The predicted octanol–water partition coefficient (Wildman–Crippen LogP) is 3.60. The van der Waals surface area contributed by atoms with Gasteiger partial charge in [0.15, 0.2) is 0 Å². The summed E-state index contributed by atoms with van der Waals surface area (Å²) in [6, 6.07) is 3.51. The molecule has 0 heterocycles. The lowest BCUT2D eigenvalue weighted by Crippen LogP contribution is -2.16. The van der Waals surface area contributed by atoms with E-state index < -0.39 is 0 Å². The molecular weight excluding hydrogens is 305 g/mol. The number of carbonyl (C=O) groups excluding carboxylic acids is 1. The number of amides is 1. The first-order chi connectivity index (χ1) is 8.95. The molecule has 1 amide bonds. The maximum Gasteiger partial charge on any atom is 0.234 e. The number of rotatable bonds is 6. The topological polar surface area (TPSA) is 49.3 Å². The quantitative estimate of drug-likeness (QED) is 0.841. The molecule has 0 spiro atoms. The molecule has 1 aromatic rings. The molecule has 106 valence electrons. The van der Waals surface area contributed by atoms with Crippen molar-refractivity contribution in [2.24, 2.45) is 5.92 Å². The number of anilines is 1. The van der Waals surface area contributed by atoms with Gasteiger partial charge < -0.3 is 10.4 Å². The van der Waals surface area contributed by atoms with Crippen LogP contribution in [0.2, 0.25) is 10.0 Å². The van der Waals surface area contributed by atoms with Crippen molar-refractivity contribution >= 4 is 46.6 Å². The molecule has 0 aliphatic heterocycles. The van der Waals surface area contributed by atoms with Gasteiger partial charge in [0.2, 0.25) is 5.91 Å². The molecule has 0 aliphatic carbocycles. The standard InChI is InChI=1S/C13H17Cl2NO2S/c1-8(5-17)6-19-7-11(18)16-13-10(14)4-3-9(2)12(13)15/h3-4,8,17H,5-7H2,1-2H3,(H,16,18). The zero-order valence-electron chi connectivity index (χ0n) is 10.9. The van der Waals surface area contributed by atoms with Gasteiger partial charge in [0.1, 0.15) is 0 Å². The molecule has 0 radical (unpaired) electrons. The van der Waals surface area contributed by atoms with E-state index in [-0.39, 0.29) is 18.4 Å². The second-order valence-electron chi connectivity index (χ2n) is 4.40. The highest BCUT2D eigenvalue weighted by Gasteiger charge is 2.12. The summed E-state index contributed by atoms with van der Waals surface area (Å²) in [6.45, 7) is 3.91. The number of carbonyl (C=O) groups is 1. The normalized spacial score (nSPS) is 12.3. The van der Waals surface area contributed by atoms with Crippen LogP contribution in [0.5, 0.6) is 0 Å². The van der Waals surface area contributed by atoms with Gasteiger partial charge in [-0.1, -0.05) is 36.2 Å². The van der Waals surface area contributed by atoms with Crippen LogP contribution in [0.25, 0.3) is 0 Å². The lowest BCUT2D eigenvalue weighted by Gasteiger charge is -2.11. The highest BCUT2D eigenvalue weighted by atomic mass is 35.5. The fourth-order valence-electron chi connectivity index (χ4n) is 1.35. The van der Waals surface area contributed by atoms with Gasteiger partial charge in [-0.05, 0) is 30.2 Å². The Morgan fingerprint density at radius 1 is 1.47 bits per heavy atom. The van der Waals surface area contributed by atoms with Crippen LogP contribution < -0.4 is 5.32 Å². The average molecular weight is 322 g/mol. The molecular formula is C13H17Cl2NO2S. The summed E-state index contributed by atoms with van der Waals surface area (Å²) in [4.78, 5) is 11.8. The summed E-state index contributed by atoms with van der Waals surface area (Å²) in [7, 11) is 0. The molecule has 19 heavy (non-hydrogen) atoms. The van der Waals surface area contributed by atoms with Crippen molar-refractivity contribution in [1.29, 1.82) is 0 Å².